The van der Waals surface area contributed by atoms with Crippen molar-refractivity contribution in [3.05, 3.63) is 133 Å². The number of aromatic nitrogens is 2. The zero-order chi connectivity index (χ0) is 27.3. The van der Waals surface area contributed by atoms with Gasteiger partial charge < -0.3 is 4.57 Å². The van der Waals surface area contributed by atoms with Gasteiger partial charge in [0.1, 0.15) is 0 Å². The van der Waals surface area contributed by atoms with Crippen LogP contribution >= 0.6 is 11.3 Å². The number of rotatable bonds is 2. The number of fused-ring (bicyclic) bond motifs is 11. The molecule has 8 aromatic rings. The molecule has 41 heavy (non-hydrogen) atoms. The van der Waals surface area contributed by atoms with E-state index in [0.29, 0.717) is 0 Å². The monoisotopic (exact) mass is 542 g/mol. The SMILES string of the molecule is CC1(C)c2ccccc2-c2c1ccc1c2sc2c1ccc1c2c2ccccc2n1-c1cccc(-c2ccncc2)c1. The maximum Gasteiger partial charge on any atom is 0.0555 e. The molecule has 0 unspecified atom stereocenters. The van der Waals surface area contributed by atoms with E-state index in [1.807, 2.05) is 23.7 Å². The van der Waals surface area contributed by atoms with Gasteiger partial charge in [-0.15, -0.1) is 11.3 Å². The number of hydrogen-bond donors (Lipinski definition) is 0. The summed E-state index contributed by atoms with van der Waals surface area (Å²) < 4.78 is 5.20. The van der Waals surface area contributed by atoms with Crippen molar-refractivity contribution in [3.63, 3.8) is 0 Å². The quantitative estimate of drug-likeness (QED) is 0.212. The summed E-state index contributed by atoms with van der Waals surface area (Å²) in [6, 6.07) is 40.2. The molecule has 0 amide bonds. The van der Waals surface area contributed by atoms with Gasteiger partial charge in [0.25, 0.3) is 0 Å². The molecule has 0 saturated heterocycles. The molecule has 0 N–H and O–H groups in total. The molecule has 2 nitrogen and oxygen atoms in total. The van der Waals surface area contributed by atoms with Crippen LogP contribution in [0.25, 0.3) is 69.9 Å². The van der Waals surface area contributed by atoms with Crippen LogP contribution in [-0.2, 0) is 5.41 Å². The summed E-state index contributed by atoms with van der Waals surface area (Å²) in [4.78, 5) is 4.21. The molecule has 0 radical (unpaired) electrons. The number of pyridine rings is 1. The minimum absolute atomic E-state index is 0.00146. The fourth-order valence-corrected chi connectivity index (χ4v) is 8.59. The molecule has 9 rings (SSSR count). The first kappa shape index (κ1) is 23.0. The Bertz CT molecular complexity index is 2340. The molecule has 1 aliphatic carbocycles. The van der Waals surface area contributed by atoms with Crippen LogP contribution in [0.5, 0.6) is 0 Å². The molecule has 0 fully saturated rings. The zero-order valence-electron chi connectivity index (χ0n) is 22.8. The molecule has 194 valence electrons. The topological polar surface area (TPSA) is 17.8 Å². The van der Waals surface area contributed by atoms with Crippen molar-refractivity contribution in [2.24, 2.45) is 0 Å². The summed E-state index contributed by atoms with van der Waals surface area (Å²) >= 11 is 1.96. The Morgan fingerprint density at radius 2 is 1.39 bits per heavy atom. The van der Waals surface area contributed by atoms with Crippen molar-refractivity contribution in [1.29, 1.82) is 0 Å². The third-order valence-electron chi connectivity index (χ3n) is 9.10. The van der Waals surface area contributed by atoms with Crippen LogP contribution in [0.1, 0.15) is 25.0 Å². The fourth-order valence-electron chi connectivity index (χ4n) is 7.18. The largest absolute Gasteiger partial charge is 0.309 e. The van der Waals surface area contributed by atoms with Crippen LogP contribution in [-0.4, -0.2) is 9.55 Å². The van der Waals surface area contributed by atoms with E-state index in [0.717, 1.165) is 0 Å². The number of nitrogens with zero attached hydrogens (tertiary/aromatic N) is 2. The van der Waals surface area contributed by atoms with E-state index in [1.165, 1.54) is 81.0 Å². The summed E-state index contributed by atoms with van der Waals surface area (Å²) in [5.74, 6) is 0. The number of hydrogen-bond acceptors (Lipinski definition) is 2. The van der Waals surface area contributed by atoms with Crippen molar-refractivity contribution in [1.82, 2.24) is 9.55 Å². The third-order valence-corrected chi connectivity index (χ3v) is 10.4. The molecule has 0 atom stereocenters. The van der Waals surface area contributed by atoms with Gasteiger partial charge >= 0.3 is 0 Å². The van der Waals surface area contributed by atoms with Crippen molar-refractivity contribution in [2.45, 2.75) is 19.3 Å². The molecule has 0 spiro atoms. The first-order chi connectivity index (χ1) is 20.1. The second-order valence-corrected chi connectivity index (χ2v) is 12.6. The highest BCUT2D eigenvalue weighted by atomic mass is 32.1. The smallest absolute Gasteiger partial charge is 0.0555 e. The van der Waals surface area contributed by atoms with E-state index < -0.39 is 0 Å². The van der Waals surface area contributed by atoms with E-state index in [9.17, 15) is 0 Å². The fraction of sp³-hybridized carbons (Fsp3) is 0.0789. The molecule has 3 heteroatoms. The van der Waals surface area contributed by atoms with Gasteiger partial charge in [0.15, 0.2) is 0 Å². The highest BCUT2D eigenvalue weighted by Gasteiger charge is 2.36. The maximum atomic E-state index is 4.21. The highest BCUT2D eigenvalue weighted by molar-refractivity contribution is 7.27. The lowest BCUT2D eigenvalue weighted by molar-refractivity contribution is 0.661. The summed E-state index contributed by atoms with van der Waals surface area (Å²) in [5.41, 5.74) is 11.7. The van der Waals surface area contributed by atoms with Crippen LogP contribution in [0, 0.1) is 0 Å². The number of thiophene rings is 1. The predicted octanol–water partition coefficient (Wildman–Crippen LogP) is 10.5. The third kappa shape index (κ3) is 3.04. The molecule has 0 saturated carbocycles. The number of benzene rings is 5. The average molecular weight is 543 g/mol. The highest BCUT2D eigenvalue weighted by Crippen LogP contribution is 2.54. The average Bonchev–Trinajstić information content (AvgIpc) is 3.64. The second kappa shape index (κ2) is 8.15. The van der Waals surface area contributed by atoms with Crippen LogP contribution in [0.4, 0.5) is 0 Å². The Morgan fingerprint density at radius 3 is 2.29 bits per heavy atom. The van der Waals surface area contributed by atoms with E-state index in [1.54, 1.807) is 0 Å². The normalized spacial score (nSPS) is 13.8. The van der Waals surface area contributed by atoms with Crippen LogP contribution < -0.4 is 0 Å². The predicted molar refractivity (Wildman–Crippen MR) is 174 cm³/mol. The van der Waals surface area contributed by atoms with Gasteiger partial charge in [-0.05, 0) is 64.2 Å². The van der Waals surface area contributed by atoms with Crippen molar-refractivity contribution < 1.29 is 0 Å². The Balaban J connectivity index is 1.37. The Labute approximate surface area is 242 Å². The minimum Gasteiger partial charge on any atom is -0.309 e. The van der Waals surface area contributed by atoms with Crippen molar-refractivity contribution in [2.75, 3.05) is 0 Å². The van der Waals surface area contributed by atoms with E-state index in [2.05, 4.69) is 133 Å². The van der Waals surface area contributed by atoms with E-state index in [-0.39, 0.29) is 5.41 Å². The lowest BCUT2D eigenvalue weighted by Crippen LogP contribution is -2.14. The van der Waals surface area contributed by atoms with Crippen molar-refractivity contribution in [3.8, 4) is 27.9 Å². The van der Waals surface area contributed by atoms with Gasteiger partial charge in [-0.25, -0.2) is 0 Å². The molecular weight excluding hydrogens is 516 g/mol. The molecule has 0 aliphatic heterocycles. The molecule has 5 aromatic carbocycles. The molecule has 3 aromatic heterocycles. The lowest BCUT2D eigenvalue weighted by atomic mass is 9.82. The molecule has 0 bridgehead atoms. The summed E-state index contributed by atoms with van der Waals surface area (Å²) in [6.07, 6.45) is 3.72. The van der Waals surface area contributed by atoms with E-state index >= 15 is 0 Å². The Kier molecular flexibility index (Phi) is 4.58. The van der Waals surface area contributed by atoms with Gasteiger partial charge in [-0.3, -0.25) is 4.98 Å². The van der Waals surface area contributed by atoms with Gasteiger partial charge in [-0.1, -0.05) is 86.6 Å². The van der Waals surface area contributed by atoms with Crippen LogP contribution in [0.3, 0.4) is 0 Å². The minimum atomic E-state index is 0.00146. The van der Waals surface area contributed by atoms with E-state index in [4.69, 9.17) is 0 Å². The van der Waals surface area contributed by atoms with Crippen LogP contribution in [0.15, 0.2) is 122 Å². The maximum absolute atomic E-state index is 4.21. The molecular formula is C38H26N2S. The molecule has 1 aliphatic rings. The first-order valence-electron chi connectivity index (χ1n) is 14.1. The standard InChI is InChI=1S/C38H26N2S/c1-38(2)30-12-5-3-10-28(30)34-31(38)16-14-26-27-15-17-33-35(37(27)41-36(26)34)29-11-4-6-13-32(29)40(33)25-9-7-8-24(22-25)23-18-20-39-21-19-23/h3-22H,1-2H3. The van der Waals surface area contributed by atoms with Gasteiger partial charge in [-0.2, -0.15) is 0 Å². The number of para-hydroxylation sites is 1. The van der Waals surface area contributed by atoms with Gasteiger partial charge in [0, 0.05) is 60.0 Å². The second-order valence-electron chi connectivity index (χ2n) is 11.6. The van der Waals surface area contributed by atoms with Crippen molar-refractivity contribution >= 4 is 53.3 Å². The lowest BCUT2D eigenvalue weighted by Gasteiger charge is -2.21. The van der Waals surface area contributed by atoms with Gasteiger partial charge in [0.2, 0.25) is 0 Å². The Hall–Kier alpha value is -4.73. The van der Waals surface area contributed by atoms with Crippen LogP contribution in [0.2, 0.25) is 0 Å². The zero-order valence-corrected chi connectivity index (χ0v) is 23.7. The summed E-state index contributed by atoms with van der Waals surface area (Å²) in [6.45, 7) is 4.73. The Morgan fingerprint density at radius 1 is 0.610 bits per heavy atom. The van der Waals surface area contributed by atoms with Gasteiger partial charge in [0.05, 0.1) is 11.0 Å². The molecule has 3 heterocycles. The summed E-state index contributed by atoms with van der Waals surface area (Å²) in [7, 11) is 0. The summed E-state index contributed by atoms with van der Waals surface area (Å²) in [5, 5.41) is 5.34. The first-order valence-corrected chi connectivity index (χ1v) is 15.0.